The van der Waals surface area contributed by atoms with Crippen LogP contribution in [0, 0.1) is 6.92 Å². The zero-order valence-corrected chi connectivity index (χ0v) is 19.9. The van der Waals surface area contributed by atoms with Gasteiger partial charge in [-0.15, -0.1) is 0 Å². The molecule has 0 spiro atoms. The number of ether oxygens (including phenoxy) is 2. The van der Waals surface area contributed by atoms with Crippen molar-refractivity contribution in [2.45, 2.75) is 52.6 Å². The van der Waals surface area contributed by atoms with Crippen molar-refractivity contribution in [3.8, 4) is 5.75 Å². The summed E-state index contributed by atoms with van der Waals surface area (Å²) in [6, 6.07) is 14.9. The number of anilines is 1. The second kappa shape index (κ2) is 14.2. The first-order chi connectivity index (χ1) is 15.9. The molecule has 0 bridgehead atoms. The third-order valence-electron chi connectivity index (χ3n) is 5.32. The molecule has 0 aliphatic heterocycles. The Morgan fingerprint density at radius 2 is 1.76 bits per heavy atom. The minimum atomic E-state index is -0.968. The van der Waals surface area contributed by atoms with Crippen LogP contribution in [0.15, 0.2) is 48.5 Å². The fourth-order valence-electron chi connectivity index (χ4n) is 3.40. The van der Waals surface area contributed by atoms with Gasteiger partial charge in [0.2, 0.25) is 0 Å². The lowest BCUT2D eigenvalue weighted by atomic mass is 10.1. The molecule has 1 unspecified atom stereocenters. The first kappa shape index (κ1) is 26.2. The third kappa shape index (κ3) is 9.14. The van der Waals surface area contributed by atoms with Crippen molar-refractivity contribution in [2.75, 3.05) is 31.6 Å². The van der Waals surface area contributed by atoms with Crippen molar-refractivity contribution in [3.63, 3.8) is 0 Å². The quantitative estimate of drug-likeness (QED) is 0.385. The number of unbranched alkanes of at least 4 members (excludes halogenated alkanes) is 2. The summed E-state index contributed by atoms with van der Waals surface area (Å²) in [7, 11) is 0. The monoisotopic (exact) mass is 456 g/mol. The number of hydrogen-bond donors (Lipinski definition) is 2. The number of carbonyl (C=O) groups excluding carboxylic acids is 1. The van der Waals surface area contributed by atoms with Crippen LogP contribution in [0.5, 0.6) is 5.75 Å². The van der Waals surface area contributed by atoms with E-state index >= 15 is 0 Å². The van der Waals surface area contributed by atoms with E-state index in [2.05, 4.69) is 12.2 Å². The van der Waals surface area contributed by atoms with E-state index in [0.29, 0.717) is 38.5 Å². The highest BCUT2D eigenvalue weighted by atomic mass is 16.5. The fraction of sp³-hybridized carbons (Fsp3) is 0.462. The standard InChI is InChI=1S/C26H36N2O5/c1-4-6-9-16-28(26(31)27-23-11-8-7-10-20(23)3)17-18-33-22-14-12-21(13-15-22)19-24(25(29)30)32-5-2/h7-8,10-15,24H,4-6,9,16-19H2,1-3H3,(H,27,31)(H,29,30). The minimum absolute atomic E-state index is 0.130. The maximum absolute atomic E-state index is 12.9. The van der Waals surface area contributed by atoms with Crippen molar-refractivity contribution in [3.05, 3.63) is 59.7 Å². The number of nitrogens with one attached hydrogen (secondary N) is 1. The molecule has 7 heteroatoms. The summed E-state index contributed by atoms with van der Waals surface area (Å²) in [5.74, 6) is -0.292. The predicted molar refractivity (Wildman–Crippen MR) is 130 cm³/mol. The number of aryl methyl sites for hydroxylation is 1. The van der Waals surface area contributed by atoms with Gasteiger partial charge >= 0.3 is 12.0 Å². The molecule has 0 fully saturated rings. The molecule has 2 N–H and O–H groups in total. The molecule has 0 aliphatic rings. The molecule has 180 valence electrons. The van der Waals surface area contributed by atoms with Gasteiger partial charge in [-0.3, -0.25) is 0 Å². The molecule has 1 atom stereocenters. The van der Waals surface area contributed by atoms with Crippen LogP contribution in [-0.4, -0.2) is 54.4 Å². The summed E-state index contributed by atoms with van der Waals surface area (Å²) in [6.07, 6.45) is 2.53. The zero-order valence-electron chi connectivity index (χ0n) is 19.9. The summed E-state index contributed by atoms with van der Waals surface area (Å²) < 4.78 is 11.1. The highest BCUT2D eigenvalue weighted by Gasteiger charge is 2.18. The molecule has 7 nitrogen and oxygen atoms in total. The van der Waals surface area contributed by atoms with Gasteiger partial charge in [0.1, 0.15) is 12.4 Å². The Hall–Kier alpha value is -3.06. The molecule has 2 rings (SSSR count). The predicted octanol–water partition coefficient (Wildman–Crippen LogP) is 5.13. The smallest absolute Gasteiger partial charge is 0.333 e. The molecule has 2 amide bonds. The molecule has 0 heterocycles. The van der Waals surface area contributed by atoms with Gasteiger partial charge in [0, 0.05) is 25.3 Å². The molecular weight excluding hydrogens is 420 g/mol. The van der Waals surface area contributed by atoms with Crippen LogP contribution in [-0.2, 0) is 16.0 Å². The van der Waals surface area contributed by atoms with E-state index in [0.717, 1.165) is 36.1 Å². The number of urea groups is 1. The molecular formula is C26H36N2O5. The first-order valence-electron chi connectivity index (χ1n) is 11.6. The normalized spacial score (nSPS) is 11.6. The third-order valence-corrected chi connectivity index (χ3v) is 5.32. The van der Waals surface area contributed by atoms with E-state index in [1.54, 1.807) is 11.8 Å². The number of benzene rings is 2. The average molecular weight is 457 g/mol. The second-order valence-electron chi connectivity index (χ2n) is 7.92. The van der Waals surface area contributed by atoms with Gasteiger partial charge in [-0.05, 0) is 49.6 Å². The molecule has 0 saturated carbocycles. The molecule has 0 aromatic heterocycles. The van der Waals surface area contributed by atoms with Crippen LogP contribution in [0.25, 0.3) is 0 Å². The van der Waals surface area contributed by atoms with Crippen molar-refractivity contribution in [1.82, 2.24) is 4.90 Å². The number of carbonyl (C=O) groups is 2. The van der Waals surface area contributed by atoms with E-state index in [1.165, 1.54) is 0 Å². The highest BCUT2D eigenvalue weighted by molar-refractivity contribution is 5.90. The van der Waals surface area contributed by atoms with Gasteiger partial charge < -0.3 is 24.8 Å². The van der Waals surface area contributed by atoms with Crippen LogP contribution in [0.2, 0.25) is 0 Å². The fourth-order valence-corrected chi connectivity index (χ4v) is 3.40. The molecule has 0 radical (unpaired) electrons. The molecule has 0 saturated heterocycles. The van der Waals surface area contributed by atoms with E-state index in [9.17, 15) is 14.7 Å². The maximum Gasteiger partial charge on any atom is 0.333 e. The van der Waals surface area contributed by atoms with Gasteiger partial charge in [-0.1, -0.05) is 50.1 Å². The van der Waals surface area contributed by atoms with Gasteiger partial charge in [0.05, 0.1) is 6.54 Å². The van der Waals surface area contributed by atoms with Gasteiger partial charge in [-0.2, -0.15) is 0 Å². The number of hydrogen-bond acceptors (Lipinski definition) is 4. The maximum atomic E-state index is 12.9. The Kier molecular flexibility index (Phi) is 11.2. The molecule has 2 aromatic rings. The zero-order chi connectivity index (χ0) is 24.1. The second-order valence-corrected chi connectivity index (χ2v) is 7.92. The number of nitrogens with zero attached hydrogens (tertiary/aromatic N) is 1. The number of aliphatic carboxylic acids is 1. The Morgan fingerprint density at radius 1 is 1.03 bits per heavy atom. The van der Waals surface area contributed by atoms with E-state index in [4.69, 9.17) is 9.47 Å². The highest BCUT2D eigenvalue weighted by Crippen LogP contribution is 2.16. The van der Waals surface area contributed by atoms with Crippen LogP contribution >= 0.6 is 0 Å². The number of para-hydroxylation sites is 1. The first-order valence-corrected chi connectivity index (χ1v) is 11.6. The van der Waals surface area contributed by atoms with Crippen LogP contribution < -0.4 is 10.1 Å². The topological polar surface area (TPSA) is 88.1 Å². The Labute approximate surface area is 196 Å². The van der Waals surface area contributed by atoms with Crippen molar-refractivity contribution in [1.29, 1.82) is 0 Å². The van der Waals surface area contributed by atoms with Gasteiger partial charge in [0.25, 0.3) is 0 Å². The SMILES string of the molecule is CCCCCN(CCOc1ccc(CC(OCC)C(=O)O)cc1)C(=O)Nc1ccccc1C. The van der Waals surface area contributed by atoms with Crippen LogP contribution in [0.1, 0.15) is 44.2 Å². The summed E-state index contributed by atoms with van der Waals surface area (Å²) in [6.45, 7) is 7.73. The summed E-state index contributed by atoms with van der Waals surface area (Å²) >= 11 is 0. The van der Waals surface area contributed by atoms with Crippen molar-refractivity contribution < 1.29 is 24.2 Å². The van der Waals surface area contributed by atoms with E-state index < -0.39 is 12.1 Å². The van der Waals surface area contributed by atoms with Crippen LogP contribution in [0.4, 0.5) is 10.5 Å². The Morgan fingerprint density at radius 3 is 2.39 bits per heavy atom. The molecule has 0 aliphatic carbocycles. The van der Waals surface area contributed by atoms with Crippen molar-refractivity contribution in [2.24, 2.45) is 0 Å². The molecule has 2 aromatic carbocycles. The summed E-state index contributed by atoms with van der Waals surface area (Å²) in [4.78, 5) is 25.9. The number of carboxylic acids is 1. The minimum Gasteiger partial charge on any atom is -0.492 e. The Balaban J connectivity index is 1.90. The average Bonchev–Trinajstić information content (AvgIpc) is 2.80. The lowest BCUT2D eigenvalue weighted by Crippen LogP contribution is -2.38. The van der Waals surface area contributed by atoms with Crippen LogP contribution in [0.3, 0.4) is 0 Å². The number of amides is 2. The largest absolute Gasteiger partial charge is 0.492 e. The summed E-state index contributed by atoms with van der Waals surface area (Å²) in [5.41, 5.74) is 2.69. The Bertz CT molecular complexity index is 869. The number of carboxylic acid groups (broad SMARTS) is 1. The molecule has 33 heavy (non-hydrogen) atoms. The number of rotatable bonds is 14. The lowest BCUT2D eigenvalue weighted by molar-refractivity contribution is -0.149. The van der Waals surface area contributed by atoms with E-state index in [1.807, 2.05) is 55.5 Å². The van der Waals surface area contributed by atoms with Crippen molar-refractivity contribution >= 4 is 17.7 Å². The van der Waals surface area contributed by atoms with E-state index in [-0.39, 0.29) is 6.03 Å². The summed E-state index contributed by atoms with van der Waals surface area (Å²) in [5, 5.41) is 12.2. The van der Waals surface area contributed by atoms with Gasteiger partial charge in [-0.25, -0.2) is 9.59 Å². The lowest BCUT2D eigenvalue weighted by Gasteiger charge is -2.24. The van der Waals surface area contributed by atoms with Gasteiger partial charge in [0.15, 0.2) is 6.10 Å².